The molecule has 0 heterocycles. The van der Waals surface area contributed by atoms with Gasteiger partial charge in [0.1, 0.15) is 0 Å². The van der Waals surface area contributed by atoms with E-state index in [1.54, 1.807) is 0 Å². The van der Waals surface area contributed by atoms with E-state index in [4.69, 9.17) is 0 Å². The maximum absolute atomic E-state index is 2.36. The van der Waals surface area contributed by atoms with E-state index in [-0.39, 0.29) is 17.0 Å². The number of hydrogen-bond acceptors (Lipinski definition) is 0. The zero-order valence-electron chi connectivity index (χ0n) is 11.8. The number of halogens is 1. The van der Waals surface area contributed by atoms with Crippen molar-refractivity contribution in [3.63, 3.8) is 0 Å². The summed E-state index contributed by atoms with van der Waals surface area (Å²) in [4.78, 5) is 0. The van der Waals surface area contributed by atoms with Crippen molar-refractivity contribution in [2.75, 3.05) is 21.1 Å². The molecule has 0 bridgehead atoms. The molecule has 0 saturated heterocycles. The van der Waals surface area contributed by atoms with E-state index in [9.17, 15) is 0 Å². The van der Waals surface area contributed by atoms with Crippen LogP contribution < -0.4 is 17.0 Å². The molecule has 98 valence electrons. The second-order valence-electron chi connectivity index (χ2n) is 6.16. The van der Waals surface area contributed by atoms with Gasteiger partial charge in [-0.25, -0.2) is 0 Å². The third-order valence-corrected chi connectivity index (χ3v) is 3.91. The van der Waals surface area contributed by atoms with Crippen molar-refractivity contribution in [3.05, 3.63) is 35.9 Å². The molecule has 2 heteroatoms. The van der Waals surface area contributed by atoms with Crippen LogP contribution in [0.25, 0.3) is 0 Å². The molecule has 0 unspecified atom stereocenters. The fourth-order valence-corrected chi connectivity index (χ4v) is 1.71. The summed E-state index contributed by atoms with van der Waals surface area (Å²) in [7, 11) is 6.84. The molecular formula is C15H26BrN. The average molecular weight is 300 g/mol. The Balaban J connectivity index is 0.00000256. The van der Waals surface area contributed by atoms with Crippen molar-refractivity contribution in [1.82, 2.24) is 0 Å². The Morgan fingerprint density at radius 2 is 1.53 bits per heavy atom. The number of nitrogens with zero attached hydrogens (tertiary/aromatic N) is 1. The van der Waals surface area contributed by atoms with Crippen LogP contribution in [0.3, 0.4) is 0 Å². The van der Waals surface area contributed by atoms with Crippen LogP contribution in [0.4, 0.5) is 0 Å². The van der Waals surface area contributed by atoms with Gasteiger partial charge in [0.15, 0.2) is 0 Å². The highest BCUT2D eigenvalue weighted by atomic mass is 79.9. The Morgan fingerprint density at radius 1 is 1.00 bits per heavy atom. The van der Waals surface area contributed by atoms with Gasteiger partial charge in [-0.15, -0.1) is 0 Å². The van der Waals surface area contributed by atoms with E-state index in [0.717, 1.165) is 4.48 Å². The molecule has 1 nitrogen and oxygen atoms in total. The standard InChI is InChI=1S/C15H26N.BrH/c1-15(2,16(3,4)5)13-9-12-14-10-7-6-8-11-14;/h6-8,10-11H,9,12-13H2,1-5H3;1H/q+1;/p-1. The van der Waals surface area contributed by atoms with Crippen LogP contribution in [-0.4, -0.2) is 31.2 Å². The topological polar surface area (TPSA) is 0 Å². The van der Waals surface area contributed by atoms with E-state index < -0.39 is 0 Å². The molecule has 1 aromatic carbocycles. The lowest BCUT2D eigenvalue weighted by atomic mass is 9.92. The lowest BCUT2D eigenvalue weighted by molar-refractivity contribution is -0.920. The van der Waals surface area contributed by atoms with Crippen LogP contribution in [0.2, 0.25) is 0 Å². The first-order valence-electron chi connectivity index (χ1n) is 6.18. The molecule has 0 saturated carbocycles. The minimum Gasteiger partial charge on any atom is -1.00 e. The van der Waals surface area contributed by atoms with Crippen LogP contribution >= 0.6 is 0 Å². The summed E-state index contributed by atoms with van der Waals surface area (Å²) in [5, 5.41) is 0. The fraction of sp³-hybridized carbons (Fsp3) is 0.600. The highest BCUT2D eigenvalue weighted by molar-refractivity contribution is 5.14. The number of aryl methyl sites for hydroxylation is 1. The monoisotopic (exact) mass is 299 g/mol. The van der Waals surface area contributed by atoms with Crippen molar-refractivity contribution >= 4 is 0 Å². The Labute approximate surface area is 117 Å². The molecule has 0 aliphatic rings. The normalized spacial score (nSPS) is 12.1. The molecule has 0 atom stereocenters. The number of rotatable bonds is 5. The van der Waals surface area contributed by atoms with E-state index >= 15 is 0 Å². The van der Waals surface area contributed by atoms with Crippen molar-refractivity contribution in [2.45, 2.75) is 38.6 Å². The molecule has 1 rings (SSSR count). The maximum atomic E-state index is 2.36. The first-order valence-corrected chi connectivity index (χ1v) is 6.18. The Hall–Kier alpha value is -0.340. The predicted octanol–water partition coefficient (Wildman–Crippen LogP) is 0.498. The van der Waals surface area contributed by atoms with Gasteiger partial charge in [0.05, 0.1) is 26.7 Å². The van der Waals surface area contributed by atoms with Gasteiger partial charge < -0.3 is 21.5 Å². The highest BCUT2D eigenvalue weighted by Gasteiger charge is 2.31. The van der Waals surface area contributed by atoms with Crippen LogP contribution in [0.1, 0.15) is 32.3 Å². The second-order valence-corrected chi connectivity index (χ2v) is 6.16. The second kappa shape index (κ2) is 6.55. The number of quaternary nitrogens is 1. The van der Waals surface area contributed by atoms with Crippen LogP contribution in [0.15, 0.2) is 30.3 Å². The molecule has 1 aromatic rings. The van der Waals surface area contributed by atoms with Crippen LogP contribution in [-0.2, 0) is 6.42 Å². The summed E-state index contributed by atoms with van der Waals surface area (Å²) < 4.78 is 1.03. The smallest absolute Gasteiger partial charge is 0.0929 e. The molecule has 0 spiro atoms. The lowest BCUT2D eigenvalue weighted by Crippen LogP contribution is -3.00. The van der Waals surface area contributed by atoms with Crippen molar-refractivity contribution < 1.29 is 21.5 Å². The van der Waals surface area contributed by atoms with Crippen molar-refractivity contribution in [3.8, 4) is 0 Å². The lowest BCUT2D eigenvalue weighted by Gasteiger charge is -2.41. The summed E-state index contributed by atoms with van der Waals surface area (Å²) in [6, 6.07) is 10.8. The molecule has 0 aliphatic heterocycles. The van der Waals surface area contributed by atoms with Gasteiger partial charge in [0, 0.05) is 6.42 Å². The molecule has 0 radical (unpaired) electrons. The van der Waals surface area contributed by atoms with Gasteiger partial charge in [-0.1, -0.05) is 30.3 Å². The first-order chi connectivity index (χ1) is 7.33. The van der Waals surface area contributed by atoms with E-state index in [1.165, 1.54) is 24.8 Å². The van der Waals surface area contributed by atoms with Crippen LogP contribution in [0, 0.1) is 0 Å². The van der Waals surface area contributed by atoms with Crippen molar-refractivity contribution in [2.24, 2.45) is 0 Å². The number of benzene rings is 1. The fourth-order valence-electron chi connectivity index (χ4n) is 1.71. The molecular weight excluding hydrogens is 274 g/mol. The molecule has 17 heavy (non-hydrogen) atoms. The Morgan fingerprint density at radius 3 is 2.00 bits per heavy atom. The third-order valence-electron chi connectivity index (χ3n) is 3.91. The van der Waals surface area contributed by atoms with Gasteiger partial charge in [-0.3, -0.25) is 0 Å². The summed E-state index contributed by atoms with van der Waals surface area (Å²) in [5.74, 6) is 0. The Kier molecular flexibility index (Phi) is 6.42. The minimum atomic E-state index is 0. The zero-order valence-corrected chi connectivity index (χ0v) is 13.4. The predicted molar refractivity (Wildman–Crippen MR) is 71.5 cm³/mol. The highest BCUT2D eigenvalue weighted by Crippen LogP contribution is 2.24. The largest absolute Gasteiger partial charge is 1.00 e. The first kappa shape index (κ1) is 16.7. The molecule has 0 N–H and O–H groups in total. The Bertz CT molecular complexity index is 311. The summed E-state index contributed by atoms with van der Waals surface area (Å²) >= 11 is 0. The summed E-state index contributed by atoms with van der Waals surface area (Å²) in [6.45, 7) is 4.72. The van der Waals surface area contributed by atoms with Crippen LogP contribution in [0.5, 0.6) is 0 Å². The van der Waals surface area contributed by atoms with Gasteiger partial charge in [0.25, 0.3) is 0 Å². The van der Waals surface area contributed by atoms with Gasteiger partial charge >= 0.3 is 0 Å². The summed E-state index contributed by atoms with van der Waals surface area (Å²) in [5.41, 5.74) is 1.81. The SMILES string of the molecule is CC(C)(CCCc1ccccc1)[N+](C)(C)C.[Br-]. The molecule has 0 aliphatic carbocycles. The van der Waals surface area contributed by atoms with E-state index in [0.29, 0.717) is 5.54 Å². The zero-order chi connectivity index (χ0) is 12.2. The maximum Gasteiger partial charge on any atom is 0.0929 e. The summed E-state index contributed by atoms with van der Waals surface area (Å²) in [6.07, 6.45) is 3.74. The third kappa shape index (κ3) is 5.22. The van der Waals surface area contributed by atoms with Gasteiger partial charge in [-0.05, 0) is 32.3 Å². The minimum absolute atomic E-state index is 0. The number of hydrogen-bond donors (Lipinski definition) is 0. The van der Waals surface area contributed by atoms with Crippen molar-refractivity contribution in [1.29, 1.82) is 0 Å². The quantitative estimate of drug-likeness (QED) is 0.695. The van der Waals surface area contributed by atoms with E-state index in [1.807, 2.05) is 0 Å². The molecule has 0 amide bonds. The molecule has 0 fully saturated rings. The average Bonchev–Trinajstić information content (AvgIpc) is 2.17. The molecule has 0 aromatic heterocycles. The van der Waals surface area contributed by atoms with Gasteiger partial charge in [0.2, 0.25) is 0 Å². The van der Waals surface area contributed by atoms with Gasteiger partial charge in [-0.2, -0.15) is 0 Å². The van der Waals surface area contributed by atoms with E-state index in [2.05, 4.69) is 65.3 Å².